The molecule has 122 valence electrons. The number of amides is 1. The zero-order chi connectivity index (χ0) is 16.7. The van der Waals surface area contributed by atoms with Crippen LogP contribution >= 0.6 is 23.4 Å². The van der Waals surface area contributed by atoms with Gasteiger partial charge in [-0.25, -0.2) is 0 Å². The molecule has 1 atom stereocenters. The van der Waals surface area contributed by atoms with Crippen molar-refractivity contribution in [3.63, 3.8) is 0 Å². The molecule has 0 unspecified atom stereocenters. The normalized spacial score (nSPS) is 14.6. The Balaban J connectivity index is 1.69. The summed E-state index contributed by atoms with van der Waals surface area (Å²) >= 11 is 7.45. The summed E-state index contributed by atoms with van der Waals surface area (Å²) in [6.45, 7) is 0.719. The zero-order valence-electron chi connectivity index (χ0n) is 12.7. The molecule has 1 aliphatic rings. The van der Waals surface area contributed by atoms with E-state index in [4.69, 9.17) is 22.6 Å². The molecule has 0 aromatic heterocycles. The largest absolute Gasteiger partial charge is 0.384 e. The van der Waals surface area contributed by atoms with E-state index in [1.165, 1.54) is 0 Å². The maximum atomic E-state index is 12.0. The van der Waals surface area contributed by atoms with E-state index in [0.29, 0.717) is 22.9 Å². The van der Waals surface area contributed by atoms with Gasteiger partial charge in [0.2, 0.25) is 5.91 Å². The molecule has 0 bridgehead atoms. The fraction of sp³-hybridized carbons (Fsp3) is 0.375. The summed E-state index contributed by atoms with van der Waals surface area (Å²) in [5, 5.41) is 14.7. The van der Waals surface area contributed by atoms with Gasteiger partial charge in [-0.2, -0.15) is 5.26 Å². The Morgan fingerprint density at radius 1 is 1.52 bits per heavy atom. The first-order valence-corrected chi connectivity index (χ1v) is 8.82. The summed E-state index contributed by atoms with van der Waals surface area (Å²) in [7, 11) is 0. The van der Waals surface area contributed by atoms with Crippen LogP contribution in [-0.4, -0.2) is 29.3 Å². The molecule has 0 aliphatic carbocycles. The summed E-state index contributed by atoms with van der Waals surface area (Å²) < 4.78 is 0. The Kier molecular flexibility index (Phi) is 6.78. The predicted molar refractivity (Wildman–Crippen MR) is 94.9 cm³/mol. The Morgan fingerprint density at radius 3 is 3.04 bits per heavy atom. The summed E-state index contributed by atoms with van der Waals surface area (Å²) in [6, 6.07) is 6.85. The monoisotopic (exact) mass is 350 g/mol. The van der Waals surface area contributed by atoms with Crippen molar-refractivity contribution in [3.8, 4) is 6.07 Å². The van der Waals surface area contributed by atoms with Crippen molar-refractivity contribution in [2.75, 3.05) is 17.7 Å². The van der Waals surface area contributed by atoms with E-state index < -0.39 is 6.04 Å². The number of nitrogens with zero attached hydrogens (tertiary/aromatic N) is 2. The van der Waals surface area contributed by atoms with Crippen molar-refractivity contribution in [1.29, 1.82) is 5.26 Å². The van der Waals surface area contributed by atoms with Gasteiger partial charge in [0, 0.05) is 17.8 Å². The number of hydrogen-bond acceptors (Lipinski definition) is 5. The number of benzene rings is 1. The first-order chi connectivity index (χ1) is 11.1. The van der Waals surface area contributed by atoms with Crippen LogP contribution in [0.2, 0.25) is 5.02 Å². The van der Waals surface area contributed by atoms with Crippen LogP contribution in [-0.2, 0) is 4.79 Å². The SMILES string of the molecule is N#Cc1cc(Cl)ccc1NCCCC[C@H](N)C(=O)N1C=CSC1. The van der Waals surface area contributed by atoms with E-state index in [0.717, 1.165) is 25.1 Å². The molecule has 1 amide bonds. The molecule has 0 radical (unpaired) electrons. The molecule has 0 fully saturated rings. The fourth-order valence-corrected chi connectivity index (χ4v) is 3.10. The summed E-state index contributed by atoms with van der Waals surface area (Å²) in [5.41, 5.74) is 7.25. The second-order valence-electron chi connectivity index (χ2n) is 5.22. The minimum atomic E-state index is -0.455. The first-order valence-electron chi connectivity index (χ1n) is 7.39. The molecular formula is C16H19ClN4OS. The molecule has 1 aliphatic heterocycles. The average molecular weight is 351 g/mol. The van der Waals surface area contributed by atoms with Crippen molar-refractivity contribution in [2.45, 2.75) is 25.3 Å². The molecule has 0 saturated carbocycles. The Labute approximate surface area is 145 Å². The molecule has 7 heteroatoms. The number of nitrogens with two attached hydrogens (primary N) is 1. The number of hydrogen-bond donors (Lipinski definition) is 2. The molecule has 1 aromatic rings. The van der Waals surface area contributed by atoms with Gasteiger partial charge in [0.05, 0.1) is 23.2 Å². The fourth-order valence-electron chi connectivity index (χ4n) is 2.23. The third kappa shape index (κ3) is 5.17. The molecule has 23 heavy (non-hydrogen) atoms. The topological polar surface area (TPSA) is 82.1 Å². The van der Waals surface area contributed by atoms with E-state index in [1.54, 1.807) is 41.1 Å². The van der Waals surface area contributed by atoms with Gasteiger partial charge in [0.1, 0.15) is 6.07 Å². The zero-order valence-corrected chi connectivity index (χ0v) is 14.2. The molecular weight excluding hydrogens is 332 g/mol. The van der Waals surface area contributed by atoms with Gasteiger partial charge in [-0.1, -0.05) is 11.6 Å². The molecule has 0 spiro atoms. The molecule has 0 saturated heterocycles. The number of unbranched alkanes of at least 4 members (excludes halogenated alkanes) is 1. The van der Waals surface area contributed by atoms with Crippen LogP contribution in [0.4, 0.5) is 5.69 Å². The van der Waals surface area contributed by atoms with Gasteiger partial charge in [-0.3, -0.25) is 4.79 Å². The van der Waals surface area contributed by atoms with Crippen molar-refractivity contribution in [2.24, 2.45) is 5.73 Å². The van der Waals surface area contributed by atoms with Crippen molar-refractivity contribution < 1.29 is 4.79 Å². The van der Waals surface area contributed by atoms with Crippen molar-refractivity contribution in [3.05, 3.63) is 40.4 Å². The quantitative estimate of drug-likeness (QED) is 0.738. The number of nitrogens with one attached hydrogen (secondary N) is 1. The van der Waals surface area contributed by atoms with Crippen molar-refractivity contribution in [1.82, 2.24) is 4.90 Å². The number of thioether (sulfide) groups is 1. The number of carbonyl (C=O) groups excluding carboxylic acids is 1. The Morgan fingerprint density at radius 2 is 2.35 bits per heavy atom. The highest BCUT2D eigenvalue weighted by molar-refractivity contribution is 8.02. The first kappa shape index (κ1) is 17.7. The summed E-state index contributed by atoms with van der Waals surface area (Å²) in [4.78, 5) is 13.7. The number of carbonyl (C=O) groups is 1. The van der Waals surface area contributed by atoms with Gasteiger partial charge in [0.25, 0.3) is 0 Å². The number of nitriles is 1. The Bertz CT molecular complexity index is 629. The van der Waals surface area contributed by atoms with Gasteiger partial charge in [0.15, 0.2) is 0 Å². The molecule has 3 N–H and O–H groups in total. The highest BCUT2D eigenvalue weighted by atomic mass is 35.5. The predicted octanol–water partition coefficient (Wildman–Crippen LogP) is 3.13. The third-order valence-corrected chi connectivity index (χ3v) is 4.49. The maximum Gasteiger partial charge on any atom is 0.244 e. The lowest BCUT2D eigenvalue weighted by Gasteiger charge is -2.18. The van der Waals surface area contributed by atoms with E-state index in [1.807, 2.05) is 5.41 Å². The van der Waals surface area contributed by atoms with Crippen LogP contribution in [0.5, 0.6) is 0 Å². The molecule has 1 aromatic carbocycles. The van der Waals surface area contributed by atoms with Crippen molar-refractivity contribution >= 4 is 35.0 Å². The lowest BCUT2D eigenvalue weighted by atomic mass is 10.1. The van der Waals surface area contributed by atoms with Gasteiger partial charge in [-0.15, -0.1) is 11.8 Å². The minimum Gasteiger partial charge on any atom is -0.384 e. The molecule has 1 heterocycles. The minimum absolute atomic E-state index is 0.0244. The lowest BCUT2D eigenvalue weighted by Crippen LogP contribution is -2.40. The van der Waals surface area contributed by atoms with E-state index in [-0.39, 0.29) is 5.91 Å². The maximum absolute atomic E-state index is 12.0. The second-order valence-corrected chi connectivity index (χ2v) is 6.52. The van der Waals surface area contributed by atoms with Crippen LogP contribution in [0.25, 0.3) is 0 Å². The summed E-state index contributed by atoms with van der Waals surface area (Å²) in [5.74, 6) is 0.630. The summed E-state index contributed by atoms with van der Waals surface area (Å²) in [6.07, 6.45) is 4.15. The van der Waals surface area contributed by atoms with E-state index in [9.17, 15) is 4.79 Å². The lowest BCUT2D eigenvalue weighted by molar-refractivity contribution is -0.129. The number of anilines is 1. The number of halogens is 1. The van der Waals surface area contributed by atoms with Crippen LogP contribution in [0.3, 0.4) is 0 Å². The Hall–Kier alpha value is -1.68. The van der Waals surface area contributed by atoms with Crippen LogP contribution in [0.1, 0.15) is 24.8 Å². The van der Waals surface area contributed by atoms with Crippen LogP contribution < -0.4 is 11.1 Å². The van der Waals surface area contributed by atoms with E-state index in [2.05, 4.69) is 11.4 Å². The highest BCUT2D eigenvalue weighted by Crippen LogP contribution is 2.20. The standard InChI is InChI=1S/C16H19ClN4OS/c17-13-4-5-15(12(9-13)10-18)20-6-2-1-3-14(19)16(22)21-7-8-23-11-21/h4-5,7-9,14,20H,1-3,6,11,19H2/t14-/m0/s1. The van der Waals surface area contributed by atoms with Gasteiger partial charge < -0.3 is 16.0 Å². The van der Waals surface area contributed by atoms with Crippen LogP contribution in [0, 0.1) is 11.3 Å². The third-order valence-electron chi connectivity index (χ3n) is 3.51. The van der Waals surface area contributed by atoms with Gasteiger partial charge >= 0.3 is 0 Å². The van der Waals surface area contributed by atoms with Gasteiger partial charge in [-0.05, 0) is 42.9 Å². The average Bonchev–Trinajstić information content (AvgIpc) is 3.09. The smallest absolute Gasteiger partial charge is 0.244 e. The second kappa shape index (κ2) is 8.82. The molecule has 5 nitrogen and oxygen atoms in total. The molecule has 2 rings (SSSR count). The van der Waals surface area contributed by atoms with E-state index >= 15 is 0 Å². The highest BCUT2D eigenvalue weighted by Gasteiger charge is 2.20. The number of rotatable bonds is 7. The van der Waals surface area contributed by atoms with Crippen LogP contribution in [0.15, 0.2) is 29.8 Å².